The standard InChI is InChI=1S/C20H31NO4/c1-7-21(13-17(22)25-20(4,5)6)18(15(2)3)19(23)24-14-16-11-9-8-10-12-16/h8-12,15,18H,7,13-14H2,1-6H3/t18-/m1/s1. The molecular weight excluding hydrogens is 318 g/mol. The van der Waals surface area contributed by atoms with Gasteiger partial charge in [-0.2, -0.15) is 0 Å². The first-order valence-corrected chi connectivity index (χ1v) is 8.80. The molecule has 0 heterocycles. The van der Waals surface area contributed by atoms with Gasteiger partial charge in [0.1, 0.15) is 18.2 Å². The third kappa shape index (κ3) is 7.69. The van der Waals surface area contributed by atoms with Gasteiger partial charge in [0, 0.05) is 0 Å². The third-order valence-corrected chi connectivity index (χ3v) is 3.65. The second-order valence-corrected chi connectivity index (χ2v) is 7.43. The van der Waals surface area contributed by atoms with E-state index in [0.29, 0.717) is 6.54 Å². The Morgan fingerprint density at radius 3 is 2.20 bits per heavy atom. The molecule has 0 unspecified atom stereocenters. The lowest BCUT2D eigenvalue weighted by Gasteiger charge is -2.32. The van der Waals surface area contributed by atoms with Crippen molar-refractivity contribution in [3.8, 4) is 0 Å². The molecule has 0 aliphatic carbocycles. The fourth-order valence-electron chi connectivity index (χ4n) is 2.60. The Labute approximate surface area is 151 Å². The molecule has 0 radical (unpaired) electrons. The number of benzene rings is 1. The van der Waals surface area contributed by atoms with E-state index in [9.17, 15) is 9.59 Å². The van der Waals surface area contributed by atoms with E-state index >= 15 is 0 Å². The molecule has 0 saturated carbocycles. The molecule has 0 aromatic heterocycles. The highest BCUT2D eigenvalue weighted by Gasteiger charge is 2.32. The van der Waals surface area contributed by atoms with Gasteiger partial charge in [0.05, 0.1) is 6.54 Å². The molecule has 25 heavy (non-hydrogen) atoms. The maximum absolute atomic E-state index is 12.6. The van der Waals surface area contributed by atoms with E-state index in [1.54, 1.807) is 0 Å². The van der Waals surface area contributed by atoms with E-state index in [4.69, 9.17) is 9.47 Å². The minimum Gasteiger partial charge on any atom is -0.460 e. The van der Waals surface area contributed by atoms with Crippen molar-refractivity contribution in [1.29, 1.82) is 0 Å². The average molecular weight is 349 g/mol. The lowest BCUT2D eigenvalue weighted by atomic mass is 10.0. The van der Waals surface area contributed by atoms with Crippen molar-refractivity contribution in [2.24, 2.45) is 5.92 Å². The van der Waals surface area contributed by atoms with Crippen LogP contribution in [0.4, 0.5) is 0 Å². The molecule has 1 aromatic rings. The lowest BCUT2D eigenvalue weighted by molar-refractivity contribution is -0.160. The highest BCUT2D eigenvalue weighted by molar-refractivity contribution is 5.78. The fourth-order valence-corrected chi connectivity index (χ4v) is 2.60. The molecule has 0 saturated heterocycles. The van der Waals surface area contributed by atoms with Gasteiger partial charge in [0.25, 0.3) is 0 Å². The fraction of sp³-hybridized carbons (Fsp3) is 0.600. The molecule has 140 valence electrons. The predicted octanol–water partition coefficient (Wildman–Crippen LogP) is 3.42. The van der Waals surface area contributed by atoms with Gasteiger partial charge in [-0.25, -0.2) is 0 Å². The molecular formula is C20H31NO4. The molecule has 5 heteroatoms. The molecule has 1 aromatic carbocycles. The summed E-state index contributed by atoms with van der Waals surface area (Å²) in [4.78, 5) is 26.6. The van der Waals surface area contributed by atoms with Crippen molar-refractivity contribution in [3.63, 3.8) is 0 Å². The summed E-state index contributed by atoms with van der Waals surface area (Å²) in [6, 6.07) is 9.07. The number of nitrogens with zero attached hydrogens (tertiary/aromatic N) is 1. The smallest absolute Gasteiger partial charge is 0.323 e. The first-order valence-electron chi connectivity index (χ1n) is 8.80. The molecule has 0 N–H and O–H groups in total. The second kappa shape index (κ2) is 9.56. The number of hydrogen-bond acceptors (Lipinski definition) is 5. The maximum atomic E-state index is 12.6. The van der Waals surface area contributed by atoms with E-state index in [2.05, 4.69) is 0 Å². The van der Waals surface area contributed by atoms with E-state index < -0.39 is 11.6 Å². The van der Waals surface area contributed by atoms with Crippen molar-refractivity contribution >= 4 is 11.9 Å². The largest absolute Gasteiger partial charge is 0.460 e. The summed E-state index contributed by atoms with van der Waals surface area (Å²) in [5, 5.41) is 0. The molecule has 0 fully saturated rings. The van der Waals surface area contributed by atoms with Crippen LogP contribution in [0.1, 0.15) is 47.1 Å². The Hall–Kier alpha value is -1.88. The number of likely N-dealkylation sites (N-methyl/N-ethyl adjacent to an activating group) is 1. The van der Waals surface area contributed by atoms with E-state index in [-0.39, 0.29) is 31.0 Å². The van der Waals surface area contributed by atoms with Crippen molar-refractivity contribution in [2.75, 3.05) is 13.1 Å². The van der Waals surface area contributed by atoms with Crippen LogP contribution in [0.2, 0.25) is 0 Å². The van der Waals surface area contributed by atoms with Crippen LogP contribution in [0, 0.1) is 5.92 Å². The summed E-state index contributed by atoms with van der Waals surface area (Å²) in [6.45, 7) is 12.2. The van der Waals surface area contributed by atoms with Crippen LogP contribution in [-0.4, -0.2) is 41.6 Å². The van der Waals surface area contributed by atoms with Crippen LogP contribution in [-0.2, 0) is 25.7 Å². The van der Waals surface area contributed by atoms with Gasteiger partial charge >= 0.3 is 11.9 Å². The normalized spacial score (nSPS) is 13.0. The highest BCUT2D eigenvalue weighted by atomic mass is 16.6. The molecule has 1 atom stereocenters. The maximum Gasteiger partial charge on any atom is 0.323 e. The zero-order chi connectivity index (χ0) is 19.0. The number of carbonyl (C=O) groups is 2. The summed E-state index contributed by atoms with van der Waals surface area (Å²) in [7, 11) is 0. The summed E-state index contributed by atoms with van der Waals surface area (Å²) in [6.07, 6.45) is 0. The molecule has 0 aliphatic rings. The molecule has 1 rings (SSSR count). The quantitative estimate of drug-likeness (QED) is 0.673. The Morgan fingerprint density at radius 2 is 1.72 bits per heavy atom. The number of hydrogen-bond donors (Lipinski definition) is 0. The summed E-state index contributed by atoms with van der Waals surface area (Å²) >= 11 is 0. The van der Waals surface area contributed by atoms with Crippen LogP contribution in [0.25, 0.3) is 0 Å². The Bertz CT molecular complexity index is 549. The Balaban J connectivity index is 2.74. The van der Waals surface area contributed by atoms with Gasteiger partial charge in [-0.1, -0.05) is 51.1 Å². The predicted molar refractivity (Wildman–Crippen MR) is 98.0 cm³/mol. The highest BCUT2D eigenvalue weighted by Crippen LogP contribution is 2.15. The first-order chi connectivity index (χ1) is 11.6. The minimum absolute atomic E-state index is 0.0191. The number of carbonyl (C=O) groups excluding carboxylic acids is 2. The van der Waals surface area contributed by atoms with Crippen molar-refractivity contribution in [3.05, 3.63) is 35.9 Å². The first kappa shape index (κ1) is 21.2. The van der Waals surface area contributed by atoms with Crippen molar-refractivity contribution in [2.45, 2.75) is 59.8 Å². The molecule has 5 nitrogen and oxygen atoms in total. The summed E-state index contributed by atoms with van der Waals surface area (Å²) in [5.74, 6) is -0.634. The van der Waals surface area contributed by atoms with E-state index in [1.807, 2.05) is 76.8 Å². The van der Waals surface area contributed by atoms with Crippen molar-refractivity contribution < 1.29 is 19.1 Å². The Kier molecular flexibility index (Phi) is 8.10. The zero-order valence-corrected chi connectivity index (χ0v) is 16.2. The van der Waals surface area contributed by atoms with Gasteiger partial charge < -0.3 is 9.47 Å². The van der Waals surface area contributed by atoms with Gasteiger partial charge in [-0.3, -0.25) is 14.5 Å². The third-order valence-electron chi connectivity index (χ3n) is 3.65. The van der Waals surface area contributed by atoms with Gasteiger partial charge in [0.2, 0.25) is 0 Å². The van der Waals surface area contributed by atoms with E-state index in [1.165, 1.54) is 0 Å². The summed E-state index contributed by atoms with van der Waals surface area (Å²) in [5.41, 5.74) is 0.394. The van der Waals surface area contributed by atoms with Gasteiger partial charge in [-0.05, 0) is 38.8 Å². The SMILES string of the molecule is CCN(CC(=O)OC(C)(C)C)[C@@H](C(=O)OCc1ccccc1)C(C)C. The molecule has 0 bridgehead atoms. The van der Waals surface area contributed by atoms with Crippen molar-refractivity contribution in [1.82, 2.24) is 4.90 Å². The second-order valence-electron chi connectivity index (χ2n) is 7.43. The number of esters is 2. The number of rotatable bonds is 8. The molecule has 0 spiro atoms. The topological polar surface area (TPSA) is 55.8 Å². The molecule has 0 aliphatic heterocycles. The van der Waals surface area contributed by atoms with Crippen LogP contribution < -0.4 is 0 Å². The monoisotopic (exact) mass is 349 g/mol. The van der Waals surface area contributed by atoms with Gasteiger partial charge in [0.15, 0.2) is 0 Å². The van der Waals surface area contributed by atoms with E-state index in [0.717, 1.165) is 5.56 Å². The minimum atomic E-state index is -0.544. The van der Waals surface area contributed by atoms with Gasteiger partial charge in [-0.15, -0.1) is 0 Å². The summed E-state index contributed by atoms with van der Waals surface area (Å²) < 4.78 is 10.9. The Morgan fingerprint density at radius 1 is 1.12 bits per heavy atom. The molecule has 0 amide bonds. The lowest BCUT2D eigenvalue weighted by Crippen LogP contribution is -2.48. The van der Waals surface area contributed by atoms with Crippen LogP contribution >= 0.6 is 0 Å². The average Bonchev–Trinajstić information content (AvgIpc) is 2.51. The van der Waals surface area contributed by atoms with Crippen LogP contribution in [0.5, 0.6) is 0 Å². The van der Waals surface area contributed by atoms with Crippen LogP contribution in [0.3, 0.4) is 0 Å². The van der Waals surface area contributed by atoms with Crippen LogP contribution in [0.15, 0.2) is 30.3 Å². The number of ether oxygens (including phenoxy) is 2. The zero-order valence-electron chi connectivity index (χ0n) is 16.2.